The summed E-state index contributed by atoms with van der Waals surface area (Å²) in [5.41, 5.74) is 3.28. The maximum atomic E-state index is 13.7. The molecule has 0 atom stereocenters. The van der Waals surface area contributed by atoms with Gasteiger partial charge in [0.05, 0.1) is 31.4 Å². The summed E-state index contributed by atoms with van der Waals surface area (Å²) >= 11 is 4.94. The van der Waals surface area contributed by atoms with E-state index in [2.05, 4.69) is 15.9 Å². The minimum Gasteiger partial charge on any atom is -0.497 e. The van der Waals surface area contributed by atoms with Gasteiger partial charge in [0.15, 0.2) is 16.7 Å². The highest BCUT2D eigenvalue weighted by Crippen LogP contribution is 2.39. The summed E-state index contributed by atoms with van der Waals surface area (Å²) in [6.07, 6.45) is 1.82. The molecule has 1 fully saturated rings. The van der Waals surface area contributed by atoms with Gasteiger partial charge in [0.2, 0.25) is 0 Å². The quantitative estimate of drug-likeness (QED) is 0.175. The van der Waals surface area contributed by atoms with E-state index in [9.17, 15) is 9.18 Å². The highest BCUT2D eigenvalue weighted by molar-refractivity contribution is 9.10. The monoisotopic (exact) mass is 632 g/mol. The molecule has 0 radical (unpaired) electrons. The molecule has 0 aliphatic carbocycles. The number of carbonyl (C=O) groups excluding carboxylic acids is 1. The zero-order valence-corrected chi connectivity index (χ0v) is 24.7. The minimum atomic E-state index is -0.301. The Labute approximate surface area is 250 Å². The fourth-order valence-corrected chi connectivity index (χ4v) is 5.50. The van der Waals surface area contributed by atoms with Gasteiger partial charge in [-0.2, -0.15) is 0 Å². The van der Waals surface area contributed by atoms with Gasteiger partial charge in [0, 0.05) is 4.47 Å². The van der Waals surface area contributed by atoms with Crippen molar-refractivity contribution in [1.82, 2.24) is 4.90 Å². The van der Waals surface area contributed by atoms with Crippen molar-refractivity contribution in [3.8, 4) is 17.2 Å². The topological polar surface area (TPSA) is 60.4 Å². The van der Waals surface area contributed by atoms with E-state index in [-0.39, 0.29) is 18.3 Å². The number of halogens is 2. The Balaban J connectivity index is 1.43. The third kappa shape index (κ3) is 6.99. The van der Waals surface area contributed by atoms with Gasteiger partial charge in [-0.25, -0.2) is 9.38 Å². The number of thioether (sulfide) groups is 1. The van der Waals surface area contributed by atoms with E-state index in [1.807, 2.05) is 66.7 Å². The van der Waals surface area contributed by atoms with Crippen LogP contribution in [-0.2, 0) is 17.9 Å². The van der Waals surface area contributed by atoms with E-state index < -0.39 is 0 Å². The maximum absolute atomic E-state index is 13.7. The molecule has 1 saturated heterocycles. The zero-order chi connectivity index (χ0) is 28.8. The summed E-state index contributed by atoms with van der Waals surface area (Å²) in [6.45, 7) is 0.608. The SMILES string of the molecule is COc1ccc(CN2C(=O)/C(=C/c3cc(OC)c(OCc4ccc(F)cc4)cc3Br)SC2=Nc2ccccc2)cc1. The van der Waals surface area contributed by atoms with Gasteiger partial charge in [0.1, 0.15) is 18.2 Å². The number of amides is 1. The summed E-state index contributed by atoms with van der Waals surface area (Å²) in [5.74, 6) is 1.32. The lowest BCUT2D eigenvalue weighted by Gasteiger charge is -2.16. The molecule has 41 heavy (non-hydrogen) atoms. The number of hydrogen-bond acceptors (Lipinski definition) is 6. The molecule has 4 aromatic rings. The van der Waals surface area contributed by atoms with Crippen LogP contribution in [0.25, 0.3) is 6.08 Å². The lowest BCUT2D eigenvalue weighted by Crippen LogP contribution is -2.28. The summed E-state index contributed by atoms with van der Waals surface area (Å²) in [7, 11) is 3.18. The van der Waals surface area contributed by atoms with Crippen LogP contribution in [0.15, 0.2) is 105 Å². The van der Waals surface area contributed by atoms with Crippen LogP contribution in [0.1, 0.15) is 16.7 Å². The molecule has 9 heteroatoms. The first-order chi connectivity index (χ1) is 19.9. The molecule has 208 valence electrons. The smallest absolute Gasteiger partial charge is 0.267 e. The van der Waals surface area contributed by atoms with Crippen LogP contribution in [0.5, 0.6) is 17.2 Å². The molecular weight excluding hydrogens is 607 g/mol. The van der Waals surface area contributed by atoms with Crippen LogP contribution < -0.4 is 14.2 Å². The molecule has 1 amide bonds. The first-order valence-electron chi connectivity index (χ1n) is 12.7. The Morgan fingerprint density at radius 1 is 0.902 bits per heavy atom. The Kier molecular flexibility index (Phi) is 9.06. The molecule has 0 spiro atoms. The highest BCUT2D eigenvalue weighted by atomic mass is 79.9. The average molecular weight is 634 g/mol. The van der Waals surface area contributed by atoms with E-state index in [0.717, 1.165) is 32.6 Å². The number of nitrogens with zero attached hydrogens (tertiary/aromatic N) is 2. The third-order valence-corrected chi connectivity index (χ3v) is 7.94. The molecule has 4 aromatic carbocycles. The number of hydrogen-bond donors (Lipinski definition) is 0. The van der Waals surface area contributed by atoms with Crippen molar-refractivity contribution in [1.29, 1.82) is 0 Å². The van der Waals surface area contributed by atoms with Gasteiger partial charge in [-0.3, -0.25) is 9.69 Å². The number of benzene rings is 4. The maximum Gasteiger partial charge on any atom is 0.267 e. The molecule has 1 heterocycles. The van der Waals surface area contributed by atoms with Crippen molar-refractivity contribution in [2.24, 2.45) is 4.99 Å². The Bertz CT molecular complexity index is 1590. The van der Waals surface area contributed by atoms with Gasteiger partial charge in [-0.05, 0) is 83.1 Å². The lowest BCUT2D eigenvalue weighted by atomic mass is 10.1. The number of amidine groups is 1. The number of methoxy groups -OCH3 is 2. The average Bonchev–Trinajstić information content (AvgIpc) is 3.27. The second-order valence-electron chi connectivity index (χ2n) is 9.02. The largest absolute Gasteiger partial charge is 0.497 e. The molecule has 5 rings (SSSR count). The Morgan fingerprint density at radius 2 is 1.61 bits per heavy atom. The number of aliphatic imine (C=N–C) groups is 1. The highest BCUT2D eigenvalue weighted by Gasteiger charge is 2.33. The first kappa shape index (κ1) is 28.4. The van der Waals surface area contributed by atoms with Crippen LogP contribution in [0.3, 0.4) is 0 Å². The van der Waals surface area contributed by atoms with Crippen molar-refractivity contribution >= 4 is 50.5 Å². The summed E-state index contributed by atoms with van der Waals surface area (Å²) in [5, 5.41) is 0.589. The van der Waals surface area contributed by atoms with Crippen LogP contribution in [0.4, 0.5) is 10.1 Å². The number of ether oxygens (including phenoxy) is 3. The summed E-state index contributed by atoms with van der Waals surface area (Å²) in [4.78, 5) is 20.7. The second kappa shape index (κ2) is 13.1. The van der Waals surface area contributed by atoms with Crippen molar-refractivity contribution in [3.63, 3.8) is 0 Å². The number of para-hydroxylation sites is 1. The molecule has 1 aliphatic rings. The van der Waals surface area contributed by atoms with E-state index in [1.165, 1.54) is 23.9 Å². The van der Waals surface area contributed by atoms with Gasteiger partial charge in [0.25, 0.3) is 5.91 Å². The fraction of sp³-hybridized carbons (Fsp3) is 0.125. The van der Waals surface area contributed by atoms with E-state index in [0.29, 0.717) is 28.1 Å². The van der Waals surface area contributed by atoms with E-state index >= 15 is 0 Å². The molecule has 0 saturated carbocycles. The normalized spacial score (nSPS) is 15.0. The number of carbonyl (C=O) groups is 1. The van der Waals surface area contributed by atoms with Crippen molar-refractivity contribution in [3.05, 3.63) is 123 Å². The molecule has 0 N–H and O–H groups in total. The van der Waals surface area contributed by atoms with Gasteiger partial charge in [-0.1, -0.05) is 58.4 Å². The molecule has 0 bridgehead atoms. The van der Waals surface area contributed by atoms with Gasteiger partial charge >= 0.3 is 0 Å². The minimum absolute atomic E-state index is 0.150. The molecule has 0 aromatic heterocycles. The molecule has 6 nitrogen and oxygen atoms in total. The molecule has 1 aliphatic heterocycles. The molecular formula is C32H26BrFN2O4S. The summed E-state index contributed by atoms with van der Waals surface area (Å²) in [6, 6.07) is 26.9. The van der Waals surface area contributed by atoms with E-state index in [1.54, 1.807) is 37.3 Å². The lowest BCUT2D eigenvalue weighted by molar-refractivity contribution is -0.122. The first-order valence-corrected chi connectivity index (χ1v) is 14.3. The second-order valence-corrected chi connectivity index (χ2v) is 10.9. The van der Waals surface area contributed by atoms with Gasteiger partial charge < -0.3 is 14.2 Å². The predicted octanol–water partition coefficient (Wildman–Crippen LogP) is 7.99. The predicted molar refractivity (Wildman–Crippen MR) is 164 cm³/mol. The Morgan fingerprint density at radius 3 is 2.29 bits per heavy atom. The van der Waals surface area contributed by atoms with E-state index in [4.69, 9.17) is 19.2 Å². The fourth-order valence-electron chi connectivity index (χ4n) is 4.07. The zero-order valence-electron chi connectivity index (χ0n) is 22.3. The van der Waals surface area contributed by atoms with Gasteiger partial charge in [-0.15, -0.1) is 0 Å². The Hall–Kier alpha value is -4.08. The van der Waals surface area contributed by atoms with Crippen LogP contribution in [0.2, 0.25) is 0 Å². The third-order valence-electron chi connectivity index (χ3n) is 6.25. The van der Waals surface area contributed by atoms with Crippen LogP contribution >= 0.6 is 27.7 Å². The van der Waals surface area contributed by atoms with Crippen molar-refractivity contribution in [2.45, 2.75) is 13.2 Å². The summed E-state index contributed by atoms with van der Waals surface area (Å²) < 4.78 is 30.8. The van der Waals surface area contributed by atoms with Crippen molar-refractivity contribution in [2.75, 3.05) is 14.2 Å². The van der Waals surface area contributed by atoms with Crippen LogP contribution in [0, 0.1) is 5.82 Å². The molecule has 0 unspecified atom stereocenters. The number of rotatable bonds is 9. The van der Waals surface area contributed by atoms with Crippen molar-refractivity contribution < 1.29 is 23.4 Å². The standard InChI is InChI=1S/C32H26BrFN2O4S/c1-38-26-14-10-21(11-15-26)19-36-31(37)30(41-32(36)35-25-6-4-3-5-7-25)17-23-16-28(39-2)29(18-27(23)33)40-20-22-8-12-24(34)13-9-22/h3-18H,19-20H2,1-2H3/b30-17-,35-32?. The van der Waals surface area contributed by atoms with Crippen LogP contribution in [-0.4, -0.2) is 30.2 Å².